The molecule has 3 aromatic rings. The highest BCUT2D eigenvalue weighted by Crippen LogP contribution is 2.31. The molecule has 2 aromatic heterocycles. The smallest absolute Gasteiger partial charge is 0.360 e. The first-order valence-corrected chi connectivity index (χ1v) is 7.02. The highest BCUT2D eigenvalue weighted by Gasteiger charge is 2.11. The third-order valence-corrected chi connectivity index (χ3v) is 3.63. The number of fused-ring (bicyclic) bond motifs is 1. The van der Waals surface area contributed by atoms with Crippen molar-refractivity contribution < 1.29 is 9.15 Å². The van der Waals surface area contributed by atoms with E-state index in [1.165, 1.54) is 12.4 Å². The largest absolute Gasteiger partial charge is 0.497 e. The van der Waals surface area contributed by atoms with Crippen molar-refractivity contribution in [1.29, 1.82) is 0 Å². The van der Waals surface area contributed by atoms with Gasteiger partial charge in [-0.1, -0.05) is 23.2 Å². The Morgan fingerprint density at radius 2 is 1.91 bits per heavy atom. The van der Waals surface area contributed by atoms with Gasteiger partial charge in [0.05, 0.1) is 22.8 Å². The van der Waals surface area contributed by atoms with Crippen LogP contribution < -0.4 is 15.7 Å². The maximum absolute atomic E-state index is 12.1. The van der Waals surface area contributed by atoms with Crippen molar-refractivity contribution in [2.75, 3.05) is 12.4 Å². The lowest BCUT2D eigenvalue weighted by Crippen LogP contribution is -2.07. The summed E-state index contributed by atoms with van der Waals surface area (Å²) < 4.78 is 10.4. The minimum absolute atomic E-state index is 0.229. The summed E-state index contributed by atoms with van der Waals surface area (Å²) in [6, 6.07) is 6.87. The SMILES string of the molecule is COc1ccc2cc(Nc3c(Cl)cncc3Cl)c(=O)oc2c1. The average molecular weight is 337 g/mol. The van der Waals surface area contributed by atoms with Crippen molar-refractivity contribution in [3.05, 3.63) is 57.1 Å². The van der Waals surface area contributed by atoms with Gasteiger partial charge in [-0.05, 0) is 18.2 Å². The van der Waals surface area contributed by atoms with Crippen LogP contribution in [0, 0.1) is 0 Å². The number of hydrogen-bond acceptors (Lipinski definition) is 5. The van der Waals surface area contributed by atoms with E-state index in [0.717, 1.165) is 5.39 Å². The first-order chi connectivity index (χ1) is 10.6. The normalized spacial score (nSPS) is 10.7. The fraction of sp³-hybridized carbons (Fsp3) is 0.0667. The molecule has 0 aliphatic carbocycles. The van der Waals surface area contributed by atoms with Crippen molar-refractivity contribution in [3.8, 4) is 5.75 Å². The van der Waals surface area contributed by atoms with Crippen LogP contribution >= 0.6 is 23.2 Å². The number of ether oxygens (including phenoxy) is 1. The highest BCUT2D eigenvalue weighted by atomic mass is 35.5. The van der Waals surface area contributed by atoms with E-state index in [9.17, 15) is 4.79 Å². The fourth-order valence-electron chi connectivity index (χ4n) is 1.97. The van der Waals surface area contributed by atoms with Crippen LogP contribution in [0.3, 0.4) is 0 Å². The number of nitrogens with one attached hydrogen (secondary N) is 1. The lowest BCUT2D eigenvalue weighted by Gasteiger charge is -2.09. The molecule has 7 heteroatoms. The van der Waals surface area contributed by atoms with Gasteiger partial charge in [-0.15, -0.1) is 0 Å². The van der Waals surface area contributed by atoms with Crippen LogP contribution in [0.5, 0.6) is 5.75 Å². The molecule has 0 unspecified atom stereocenters. The predicted octanol–water partition coefficient (Wildman–Crippen LogP) is 4.25. The molecule has 0 radical (unpaired) electrons. The number of nitrogens with zero attached hydrogens (tertiary/aromatic N) is 1. The van der Waals surface area contributed by atoms with Gasteiger partial charge < -0.3 is 14.5 Å². The molecule has 1 N–H and O–H groups in total. The van der Waals surface area contributed by atoms with Gasteiger partial charge in [0.2, 0.25) is 0 Å². The molecule has 0 aliphatic heterocycles. The van der Waals surface area contributed by atoms with E-state index in [2.05, 4.69) is 10.3 Å². The number of benzene rings is 1. The number of anilines is 2. The van der Waals surface area contributed by atoms with Gasteiger partial charge in [-0.25, -0.2) is 4.79 Å². The molecule has 0 aliphatic rings. The standard InChI is InChI=1S/C15H10Cl2N2O3/c1-21-9-3-2-8-4-12(15(20)22-13(8)5-9)19-14-10(16)6-18-7-11(14)17/h2-7H,1H3,(H,18,19). The predicted molar refractivity (Wildman–Crippen MR) is 86.6 cm³/mol. The number of methoxy groups -OCH3 is 1. The number of rotatable bonds is 3. The van der Waals surface area contributed by atoms with E-state index in [-0.39, 0.29) is 5.69 Å². The molecule has 0 bridgehead atoms. The number of hydrogen-bond donors (Lipinski definition) is 1. The average Bonchev–Trinajstić information content (AvgIpc) is 2.51. The highest BCUT2D eigenvalue weighted by molar-refractivity contribution is 6.39. The zero-order chi connectivity index (χ0) is 15.7. The van der Waals surface area contributed by atoms with Gasteiger partial charge in [0.1, 0.15) is 17.0 Å². The van der Waals surface area contributed by atoms with Crippen molar-refractivity contribution in [1.82, 2.24) is 4.98 Å². The quantitative estimate of drug-likeness (QED) is 0.724. The molecule has 0 atom stereocenters. The van der Waals surface area contributed by atoms with Gasteiger partial charge in [-0.2, -0.15) is 0 Å². The number of pyridine rings is 1. The second-order valence-corrected chi connectivity index (χ2v) is 5.27. The first kappa shape index (κ1) is 14.7. The van der Waals surface area contributed by atoms with Gasteiger partial charge in [0, 0.05) is 23.8 Å². The summed E-state index contributed by atoms with van der Waals surface area (Å²) in [7, 11) is 1.54. The van der Waals surface area contributed by atoms with Gasteiger partial charge in [0.15, 0.2) is 0 Å². The zero-order valence-electron chi connectivity index (χ0n) is 11.4. The Balaban J connectivity index is 2.08. The zero-order valence-corrected chi connectivity index (χ0v) is 12.9. The molecule has 1 aromatic carbocycles. The van der Waals surface area contributed by atoms with E-state index in [4.69, 9.17) is 32.4 Å². The minimum Gasteiger partial charge on any atom is -0.497 e. The Morgan fingerprint density at radius 1 is 1.18 bits per heavy atom. The van der Waals surface area contributed by atoms with Gasteiger partial charge >= 0.3 is 5.63 Å². The lowest BCUT2D eigenvalue weighted by atomic mass is 10.2. The maximum Gasteiger partial charge on any atom is 0.360 e. The van der Waals surface area contributed by atoms with Crippen molar-refractivity contribution in [2.24, 2.45) is 0 Å². The van der Waals surface area contributed by atoms with Crippen LogP contribution in [0.4, 0.5) is 11.4 Å². The Morgan fingerprint density at radius 3 is 2.59 bits per heavy atom. The van der Waals surface area contributed by atoms with Crippen molar-refractivity contribution >= 4 is 45.5 Å². The summed E-state index contributed by atoms with van der Waals surface area (Å²) in [6.45, 7) is 0. The lowest BCUT2D eigenvalue weighted by molar-refractivity contribution is 0.414. The summed E-state index contributed by atoms with van der Waals surface area (Å²) in [5.74, 6) is 0.608. The second-order valence-electron chi connectivity index (χ2n) is 4.45. The minimum atomic E-state index is -0.537. The van der Waals surface area contributed by atoms with E-state index >= 15 is 0 Å². The molecule has 0 saturated heterocycles. The second kappa shape index (κ2) is 5.87. The molecule has 0 amide bonds. The fourth-order valence-corrected chi connectivity index (χ4v) is 2.43. The van der Waals surface area contributed by atoms with Crippen LogP contribution in [0.2, 0.25) is 10.0 Å². The van der Waals surface area contributed by atoms with E-state index in [0.29, 0.717) is 27.1 Å². The van der Waals surface area contributed by atoms with Gasteiger partial charge in [-0.3, -0.25) is 4.98 Å². The van der Waals surface area contributed by atoms with Crippen LogP contribution in [0.15, 0.2) is 45.9 Å². The molecule has 2 heterocycles. The Kier molecular flexibility index (Phi) is 3.92. The molecule has 0 saturated carbocycles. The molecular formula is C15H10Cl2N2O3. The molecular weight excluding hydrogens is 327 g/mol. The third-order valence-electron chi connectivity index (χ3n) is 3.06. The Hall–Kier alpha value is -2.24. The molecule has 5 nitrogen and oxygen atoms in total. The Labute approximate surface area is 135 Å². The molecule has 112 valence electrons. The monoisotopic (exact) mass is 336 g/mol. The third kappa shape index (κ3) is 2.73. The molecule has 0 fully saturated rings. The number of aromatic nitrogens is 1. The Bertz CT molecular complexity index is 889. The summed E-state index contributed by atoms with van der Waals surface area (Å²) in [6.07, 6.45) is 2.87. The van der Waals surface area contributed by atoms with Crippen LogP contribution in [-0.2, 0) is 0 Å². The summed E-state index contributed by atoms with van der Waals surface area (Å²) in [5.41, 5.74) is 0.526. The van der Waals surface area contributed by atoms with Crippen molar-refractivity contribution in [3.63, 3.8) is 0 Å². The van der Waals surface area contributed by atoms with E-state index in [1.807, 2.05) is 0 Å². The van der Waals surface area contributed by atoms with Crippen LogP contribution in [-0.4, -0.2) is 12.1 Å². The molecule has 0 spiro atoms. The topological polar surface area (TPSA) is 64.4 Å². The van der Waals surface area contributed by atoms with Crippen molar-refractivity contribution in [2.45, 2.75) is 0 Å². The maximum atomic E-state index is 12.1. The molecule has 3 rings (SSSR count). The van der Waals surface area contributed by atoms with E-state index < -0.39 is 5.63 Å². The van der Waals surface area contributed by atoms with E-state index in [1.54, 1.807) is 31.4 Å². The summed E-state index contributed by atoms with van der Waals surface area (Å²) >= 11 is 12.1. The first-order valence-electron chi connectivity index (χ1n) is 6.26. The molecule has 22 heavy (non-hydrogen) atoms. The van der Waals surface area contributed by atoms with Crippen LogP contribution in [0.25, 0.3) is 11.0 Å². The number of halogens is 2. The van der Waals surface area contributed by atoms with Crippen LogP contribution in [0.1, 0.15) is 0 Å². The summed E-state index contributed by atoms with van der Waals surface area (Å²) in [4.78, 5) is 15.9. The van der Waals surface area contributed by atoms with Gasteiger partial charge in [0.25, 0.3) is 0 Å². The summed E-state index contributed by atoms with van der Waals surface area (Å²) in [5, 5.41) is 4.24.